The number of carbonyl (C=O) groups excluding carboxylic acids is 2. The van der Waals surface area contributed by atoms with E-state index < -0.39 is 0 Å². The van der Waals surface area contributed by atoms with Crippen molar-refractivity contribution < 1.29 is 9.59 Å². The molecule has 0 unspecified atom stereocenters. The van der Waals surface area contributed by atoms with Crippen LogP contribution in [0, 0.1) is 0 Å². The highest BCUT2D eigenvalue weighted by atomic mass is 16.1. The minimum Gasteiger partial charge on any atom is -0.300 e. The van der Waals surface area contributed by atoms with Crippen molar-refractivity contribution in [1.82, 2.24) is 0 Å². The van der Waals surface area contributed by atoms with Crippen molar-refractivity contribution in [2.45, 2.75) is 64.7 Å². The quantitative estimate of drug-likeness (QED) is 0.603. The summed E-state index contributed by atoms with van der Waals surface area (Å²) in [6.07, 6.45) is 13.6. The number of rotatable bonds is 0. The molecule has 0 heterocycles. The van der Waals surface area contributed by atoms with E-state index in [1.54, 1.807) is 6.08 Å². The summed E-state index contributed by atoms with van der Waals surface area (Å²) in [7, 11) is 0. The van der Waals surface area contributed by atoms with Crippen molar-refractivity contribution in [2.75, 3.05) is 0 Å². The molecule has 100 valence electrons. The fourth-order valence-corrected chi connectivity index (χ4v) is 2.13. The maximum absolute atomic E-state index is 11.6. The normalized spacial score (nSPS) is 25.7. The highest BCUT2D eigenvalue weighted by Gasteiger charge is 2.03. The Hall–Kier alpha value is -1.18. The number of hydrogen-bond donors (Lipinski definition) is 0. The molecule has 0 aromatic heterocycles. The molecule has 0 saturated heterocycles. The molecule has 0 radical (unpaired) electrons. The second-order valence-electron chi connectivity index (χ2n) is 5.11. The van der Waals surface area contributed by atoms with Crippen molar-refractivity contribution in [1.29, 1.82) is 0 Å². The number of allylic oxidation sites excluding steroid dienone is 4. The molecule has 2 nitrogen and oxygen atoms in total. The lowest BCUT2D eigenvalue weighted by Gasteiger charge is -2.00. The molecule has 0 aliphatic heterocycles. The molecular weight excluding hydrogens is 224 g/mol. The van der Waals surface area contributed by atoms with Gasteiger partial charge in [0.25, 0.3) is 0 Å². The Morgan fingerprint density at radius 3 is 2.28 bits per heavy atom. The van der Waals surface area contributed by atoms with Gasteiger partial charge in [-0.25, -0.2) is 0 Å². The third-order valence-electron chi connectivity index (χ3n) is 3.25. The summed E-state index contributed by atoms with van der Waals surface area (Å²) in [5, 5.41) is 0. The van der Waals surface area contributed by atoms with Gasteiger partial charge in [-0.2, -0.15) is 0 Å². The van der Waals surface area contributed by atoms with E-state index in [4.69, 9.17) is 0 Å². The number of Topliss-reactive ketones (excluding diaryl/α,β-unsaturated/α-hetero) is 1. The van der Waals surface area contributed by atoms with E-state index in [1.165, 1.54) is 0 Å². The van der Waals surface area contributed by atoms with Crippen LogP contribution in [0.25, 0.3) is 0 Å². The number of carbonyl (C=O) groups is 2. The second-order valence-corrected chi connectivity index (χ2v) is 5.11. The fraction of sp³-hybridized carbons (Fsp3) is 0.625. The predicted molar refractivity (Wildman–Crippen MR) is 74.5 cm³/mol. The lowest BCUT2D eigenvalue weighted by molar-refractivity contribution is -0.119. The Morgan fingerprint density at radius 1 is 0.833 bits per heavy atom. The first-order valence-electron chi connectivity index (χ1n) is 7.05. The van der Waals surface area contributed by atoms with Crippen LogP contribution < -0.4 is 0 Å². The smallest absolute Gasteiger partial charge is 0.155 e. The van der Waals surface area contributed by atoms with E-state index in [0.29, 0.717) is 25.0 Å². The molecule has 1 aliphatic rings. The standard InChI is InChI=1S/C16H24O2/c1-14-9-5-2-3-6-10-15(17)11-7-4-8-12-16(18)13-14/h2-3,13H,4-12H2,1H3/b3-2+,14-13+. The molecule has 0 amide bonds. The zero-order valence-corrected chi connectivity index (χ0v) is 11.4. The van der Waals surface area contributed by atoms with Crippen molar-refractivity contribution >= 4 is 11.6 Å². The van der Waals surface area contributed by atoms with Gasteiger partial charge in [0.15, 0.2) is 5.78 Å². The van der Waals surface area contributed by atoms with Gasteiger partial charge < -0.3 is 0 Å². The molecule has 0 aromatic carbocycles. The molecule has 0 atom stereocenters. The first kappa shape index (κ1) is 14.9. The van der Waals surface area contributed by atoms with E-state index in [0.717, 1.165) is 44.1 Å². The summed E-state index contributed by atoms with van der Waals surface area (Å²) >= 11 is 0. The Bertz CT molecular complexity index is 337. The van der Waals surface area contributed by atoms with Gasteiger partial charge in [0.2, 0.25) is 0 Å². The van der Waals surface area contributed by atoms with Crippen molar-refractivity contribution in [3.05, 3.63) is 23.8 Å². The third kappa shape index (κ3) is 7.21. The second kappa shape index (κ2) is 8.84. The molecule has 1 rings (SSSR count). The monoisotopic (exact) mass is 248 g/mol. The third-order valence-corrected chi connectivity index (χ3v) is 3.25. The molecule has 0 saturated carbocycles. The predicted octanol–water partition coefficient (Wildman–Crippen LogP) is 4.15. The summed E-state index contributed by atoms with van der Waals surface area (Å²) in [5.74, 6) is 0.591. The number of ketones is 2. The molecule has 2 heteroatoms. The summed E-state index contributed by atoms with van der Waals surface area (Å²) in [6.45, 7) is 2.02. The van der Waals surface area contributed by atoms with E-state index in [2.05, 4.69) is 12.2 Å². The fourth-order valence-electron chi connectivity index (χ4n) is 2.13. The zero-order valence-electron chi connectivity index (χ0n) is 11.4. The van der Waals surface area contributed by atoms with Gasteiger partial charge in [0.05, 0.1) is 0 Å². The molecular formula is C16H24O2. The van der Waals surface area contributed by atoms with Gasteiger partial charge in [0, 0.05) is 19.3 Å². The van der Waals surface area contributed by atoms with Crippen LogP contribution in [-0.2, 0) is 9.59 Å². The average Bonchev–Trinajstić information content (AvgIpc) is 2.32. The van der Waals surface area contributed by atoms with E-state index in [9.17, 15) is 9.59 Å². The Labute approximate surface area is 110 Å². The van der Waals surface area contributed by atoms with Gasteiger partial charge >= 0.3 is 0 Å². The molecule has 0 bridgehead atoms. The van der Waals surface area contributed by atoms with Crippen molar-refractivity contribution in [3.63, 3.8) is 0 Å². The molecule has 0 spiro atoms. The van der Waals surface area contributed by atoms with Gasteiger partial charge in [-0.3, -0.25) is 9.59 Å². The largest absolute Gasteiger partial charge is 0.300 e. The molecule has 0 aromatic rings. The van der Waals surface area contributed by atoms with E-state index in [-0.39, 0.29) is 5.78 Å². The minimum atomic E-state index is 0.234. The van der Waals surface area contributed by atoms with Gasteiger partial charge in [-0.05, 0) is 45.1 Å². The minimum absolute atomic E-state index is 0.234. The van der Waals surface area contributed by atoms with E-state index >= 15 is 0 Å². The maximum Gasteiger partial charge on any atom is 0.155 e. The maximum atomic E-state index is 11.6. The number of hydrogen-bond acceptors (Lipinski definition) is 2. The SMILES string of the molecule is C/C1=C\C(=O)CCCCCC(=O)CC/C=C/CC1. The Morgan fingerprint density at radius 2 is 1.50 bits per heavy atom. The van der Waals surface area contributed by atoms with Gasteiger partial charge in [-0.1, -0.05) is 24.1 Å². The van der Waals surface area contributed by atoms with Gasteiger partial charge in [0.1, 0.15) is 5.78 Å². The summed E-state index contributed by atoms with van der Waals surface area (Å²) in [5.41, 5.74) is 1.16. The van der Waals surface area contributed by atoms with Crippen LogP contribution >= 0.6 is 0 Å². The molecule has 0 N–H and O–H groups in total. The van der Waals surface area contributed by atoms with Crippen LogP contribution in [0.5, 0.6) is 0 Å². The van der Waals surface area contributed by atoms with Crippen LogP contribution in [0.4, 0.5) is 0 Å². The zero-order chi connectivity index (χ0) is 13.2. The van der Waals surface area contributed by atoms with Gasteiger partial charge in [-0.15, -0.1) is 0 Å². The van der Waals surface area contributed by atoms with Crippen LogP contribution in [-0.4, -0.2) is 11.6 Å². The van der Waals surface area contributed by atoms with Crippen molar-refractivity contribution in [3.8, 4) is 0 Å². The van der Waals surface area contributed by atoms with E-state index in [1.807, 2.05) is 6.92 Å². The molecule has 0 fully saturated rings. The summed E-state index contributed by atoms with van der Waals surface area (Å²) < 4.78 is 0. The topological polar surface area (TPSA) is 34.1 Å². The average molecular weight is 248 g/mol. The first-order chi connectivity index (χ1) is 8.68. The molecule has 1 aliphatic carbocycles. The lowest BCUT2D eigenvalue weighted by Crippen LogP contribution is -1.98. The van der Waals surface area contributed by atoms with Crippen LogP contribution in [0.15, 0.2) is 23.8 Å². The lowest BCUT2D eigenvalue weighted by atomic mass is 10.0. The Kier molecular flexibility index (Phi) is 7.31. The van der Waals surface area contributed by atoms with Crippen molar-refractivity contribution in [2.24, 2.45) is 0 Å². The summed E-state index contributed by atoms with van der Waals surface area (Å²) in [6, 6.07) is 0. The molecule has 18 heavy (non-hydrogen) atoms. The highest BCUT2D eigenvalue weighted by molar-refractivity contribution is 5.90. The summed E-state index contributed by atoms with van der Waals surface area (Å²) in [4.78, 5) is 23.2. The van der Waals surface area contributed by atoms with Crippen LogP contribution in [0.1, 0.15) is 64.7 Å². The first-order valence-corrected chi connectivity index (χ1v) is 7.05. The Balaban J connectivity index is 2.48. The highest BCUT2D eigenvalue weighted by Crippen LogP contribution is 2.11. The van der Waals surface area contributed by atoms with Crippen LogP contribution in [0.2, 0.25) is 0 Å². The van der Waals surface area contributed by atoms with Crippen LogP contribution in [0.3, 0.4) is 0 Å².